The number of methoxy groups -OCH3 is 2. The summed E-state index contributed by atoms with van der Waals surface area (Å²) in [6.45, 7) is 20.7. The summed E-state index contributed by atoms with van der Waals surface area (Å²) >= 11 is 0. The fraction of sp³-hybridized carbons (Fsp3) is 0.507. The van der Waals surface area contributed by atoms with E-state index in [2.05, 4.69) is 56.0 Å². The summed E-state index contributed by atoms with van der Waals surface area (Å²) < 4.78 is 83.8. The number of aliphatic imine (C=N–C) groups is 2. The van der Waals surface area contributed by atoms with Crippen molar-refractivity contribution in [2.75, 3.05) is 53.5 Å². The molecule has 2 aliphatic heterocycles. The van der Waals surface area contributed by atoms with Crippen molar-refractivity contribution < 1.29 is 55.0 Å². The van der Waals surface area contributed by atoms with Crippen molar-refractivity contribution in [1.82, 2.24) is 46.0 Å². The number of sulfonamides is 2. The highest BCUT2D eigenvalue weighted by atomic mass is 32.2. The minimum absolute atomic E-state index is 0.0154. The molecule has 0 saturated carbocycles. The second kappa shape index (κ2) is 31.5. The van der Waals surface area contributed by atoms with Crippen LogP contribution in [0, 0.1) is 41.5 Å². The molecule has 0 bridgehead atoms. The Hall–Kier alpha value is -8.56. The molecule has 0 radical (unpaired) electrons. The van der Waals surface area contributed by atoms with E-state index in [1.165, 1.54) is 0 Å². The number of nitrogens with one attached hydrogen (secondary N) is 9. The maximum absolute atomic E-state index is 13.9. The Morgan fingerprint density at radius 3 is 1.38 bits per heavy atom. The summed E-state index contributed by atoms with van der Waals surface area (Å²) in [4.78, 5) is 70.2. The number of unbranched alkanes of at least 4 members (excludes halogenated alkanes) is 1. The Labute approximate surface area is 563 Å². The van der Waals surface area contributed by atoms with E-state index in [-0.39, 0.29) is 102 Å². The zero-order chi connectivity index (χ0) is 69.9. The molecular weight excluding hydrogens is 1270 g/mol. The van der Waals surface area contributed by atoms with Crippen LogP contribution in [0.4, 0.5) is 0 Å². The lowest BCUT2D eigenvalue weighted by Gasteiger charge is -2.35. The summed E-state index contributed by atoms with van der Waals surface area (Å²) in [5.74, 6) is 0.549. The van der Waals surface area contributed by atoms with E-state index < -0.39 is 38.0 Å². The minimum Gasteiger partial charge on any atom is -0.497 e. The molecule has 13 N–H and O–H groups in total. The molecule has 0 saturated heterocycles. The number of amides is 4. The molecule has 0 spiro atoms. The van der Waals surface area contributed by atoms with Gasteiger partial charge < -0.3 is 67.0 Å². The molecule has 6 aromatic rings. The number of aromatic nitrogens is 2. The van der Waals surface area contributed by atoms with Gasteiger partial charge in [0.15, 0.2) is 0 Å². The smallest absolute Gasteiger partial charge is 0.264 e. The third-order valence-corrected chi connectivity index (χ3v) is 21.3. The zero-order valence-corrected chi connectivity index (χ0v) is 59.1. The number of hydrogen-bond acceptors (Lipinski definition) is 15. The molecule has 522 valence electrons. The largest absolute Gasteiger partial charge is 0.497 e. The van der Waals surface area contributed by atoms with Gasteiger partial charge in [0.25, 0.3) is 20.0 Å². The van der Waals surface area contributed by atoms with E-state index in [1.54, 1.807) is 54.3 Å². The van der Waals surface area contributed by atoms with Gasteiger partial charge in [-0.2, -0.15) is 0 Å². The molecule has 0 unspecified atom stereocenters. The second-order valence-corrected chi connectivity index (χ2v) is 29.5. The number of guanidine groups is 2. The van der Waals surface area contributed by atoms with Gasteiger partial charge in [-0.05, 0) is 245 Å². The molecule has 2 atom stereocenters. The van der Waals surface area contributed by atoms with Crippen LogP contribution in [-0.2, 0) is 64.9 Å². The average molecular weight is 1360 g/mol. The molecule has 4 aromatic carbocycles. The summed E-state index contributed by atoms with van der Waals surface area (Å²) in [5.41, 5.74) is 20.3. The van der Waals surface area contributed by atoms with Crippen LogP contribution >= 0.6 is 0 Å². The number of rotatable bonds is 31. The van der Waals surface area contributed by atoms with E-state index in [4.69, 9.17) is 30.4 Å². The maximum atomic E-state index is 13.9. The van der Waals surface area contributed by atoms with Crippen LogP contribution in [0.3, 0.4) is 0 Å². The molecule has 8 rings (SSSR count). The van der Waals surface area contributed by atoms with Crippen LogP contribution in [0.5, 0.6) is 23.0 Å². The first-order chi connectivity index (χ1) is 45.4. The molecule has 4 heterocycles. The Kier molecular flexibility index (Phi) is 24.1. The number of nitrogens with two attached hydrogens (primary N) is 2. The molecule has 2 aromatic heterocycles. The highest BCUT2D eigenvalue weighted by Gasteiger charge is 2.36. The fourth-order valence-electron chi connectivity index (χ4n) is 12.6. The van der Waals surface area contributed by atoms with Crippen LogP contribution in [0.25, 0.3) is 21.8 Å². The van der Waals surface area contributed by atoms with Crippen LogP contribution < -0.4 is 66.4 Å². The van der Waals surface area contributed by atoms with Gasteiger partial charge in [-0.1, -0.05) is 0 Å². The third kappa shape index (κ3) is 18.3. The van der Waals surface area contributed by atoms with E-state index >= 15 is 0 Å². The standard InChI is InChI=1S/C69H97N13O12S2/c1-40-42(3)62(44(5)50-24-26-68(7,8)93-60(40)50)95(87,88)81-66(70)75-31-15-18-56(79-58(83)34-46-38-77-54-22-20-48(91-11)36-52(46)54)64(85)73-30-14-13-28-72-29-17-33-74-65(86)57(80-59(84)35-47-39-78-55-23-21-49(92-12)37-53(47)55)19-16-32-76-67(71)82-96(89,90)63-43(4)41(2)61-51(45(63)6)25-27-69(9,10)94-61/h20-23,36-39,56-57,72,77-78H,13-19,24-35H2,1-12H3,(H,73,85)(H,74,86)(H,79,83)(H,80,84)(H3,70,75,81)(H3,71,76,82)/t56-,57-/m1/s1. The Morgan fingerprint density at radius 2 is 0.958 bits per heavy atom. The number of aromatic amines is 2. The van der Waals surface area contributed by atoms with Gasteiger partial charge in [-0.3, -0.25) is 29.2 Å². The van der Waals surface area contributed by atoms with Crippen LogP contribution in [0.1, 0.15) is 141 Å². The number of ether oxygens (including phenoxy) is 4. The van der Waals surface area contributed by atoms with Crippen LogP contribution in [-0.4, -0.2) is 139 Å². The lowest BCUT2D eigenvalue weighted by molar-refractivity contribution is -0.128. The van der Waals surface area contributed by atoms with E-state index in [9.17, 15) is 36.0 Å². The Morgan fingerprint density at radius 1 is 0.562 bits per heavy atom. The number of carbonyl (C=O) groups excluding carboxylic acids is 4. The second-order valence-electron chi connectivity index (χ2n) is 26.2. The van der Waals surface area contributed by atoms with Crippen molar-refractivity contribution in [1.29, 1.82) is 0 Å². The van der Waals surface area contributed by atoms with Gasteiger partial charge in [0.05, 0.1) is 36.9 Å². The predicted molar refractivity (Wildman–Crippen MR) is 373 cm³/mol. The first-order valence-electron chi connectivity index (χ1n) is 32.8. The molecule has 0 aliphatic carbocycles. The Balaban J connectivity index is 0.812. The van der Waals surface area contributed by atoms with Crippen LogP contribution in [0.15, 0.2) is 68.6 Å². The van der Waals surface area contributed by atoms with Crippen molar-refractivity contribution >= 4 is 77.4 Å². The fourth-order valence-corrected chi connectivity index (χ4v) is 15.6. The number of nitrogens with zero attached hydrogens (tertiary/aromatic N) is 2. The van der Waals surface area contributed by atoms with E-state index in [0.29, 0.717) is 97.8 Å². The van der Waals surface area contributed by atoms with Crippen molar-refractivity contribution in [3.8, 4) is 23.0 Å². The van der Waals surface area contributed by atoms with Gasteiger partial charge in [0.1, 0.15) is 46.3 Å². The predicted octanol–water partition coefficient (Wildman–Crippen LogP) is 6.62. The zero-order valence-electron chi connectivity index (χ0n) is 57.5. The maximum Gasteiger partial charge on any atom is 0.264 e. The molecule has 27 heteroatoms. The van der Waals surface area contributed by atoms with Gasteiger partial charge in [0, 0.05) is 60.4 Å². The minimum atomic E-state index is -4.15. The summed E-state index contributed by atoms with van der Waals surface area (Å²) in [6.07, 6.45) is 9.03. The summed E-state index contributed by atoms with van der Waals surface area (Å²) in [6, 6.07) is 9.15. The van der Waals surface area contributed by atoms with Crippen molar-refractivity contribution in [3.05, 3.63) is 104 Å². The number of hydrogen-bond donors (Lipinski definition) is 11. The average Bonchev–Trinajstić information content (AvgIpc) is 1.01. The molecular formula is C69H97N13O12S2. The van der Waals surface area contributed by atoms with Crippen molar-refractivity contribution in [3.63, 3.8) is 0 Å². The lowest BCUT2D eigenvalue weighted by Crippen LogP contribution is -2.47. The quantitative estimate of drug-likeness (QED) is 0.0124. The normalized spacial score (nSPS) is 15.1. The van der Waals surface area contributed by atoms with Gasteiger partial charge in [-0.25, -0.2) is 26.3 Å². The number of H-pyrrole nitrogens is 2. The van der Waals surface area contributed by atoms with E-state index in [0.717, 1.165) is 73.8 Å². The topological polar surface area (TPSA) is 366 Å². The monoisotopic (exact) mass is 1360 g/mol. The summed E-state index contributed by atoms with van der Waals surface area (Å²) in [7, 11) is -5.16. The highest BCUT2D eigenvalue weighted by Crippen LogP contribution is 2.44. The van der Waals surface area contributed by atoms with Gasteiger partial charge in [-0.15, -0.1) is 0 Å². The highest BCUT2D eigenvalue weighted by molar-refractivity contribution is 7.90. The van der Waals surface area contributed by atoms with Gasteiger partial charge in [0.2, 0.25) is 35.5 Å². The molecule has 25 nitrogen and oxygen atoms in total. The number of benzene rings is 4. The molecule has 96 heavy (non-hydrogen) atoms. The van der Waals surface area contributed by atoms with Crippen LogP contribution in [0.2, 0.25) is 0 Å². The first kappa shape index (κ1) is 73.3. The lowest BCUT2D eigenvalue weighted by atomic mass is 9.88. The van der Waals surface area contributed by atoms with Crippen molar-refractivity contribution in [2.24, 2.45) is 21.5 Å². The number of carbonyl (C=O) groups is 4. The van der Waals surface area contributed by atoms with E-state index in [1.807, 2.05) is 77.9 Å². The number of fused-ring (bicyclic) bond motifs is 4. The molecule has 0 fully saturated rings. The first-order valence-corrected chi connectivity index (χ1v) is 35.8. The van der Waals surface area contributed by atoms with Gasteiger partial charge >= 0.3 is 0 Å². The summed E-state index contributed by atoms with van der Waals surface area (Å²) in [5, 5.41) is 16.7. The molecule has 2 aliphatic rings. The SMILES string of the molecule is COc1ccc2[nH]cc(CC(=O)N[C@H](CCCN=C(N)NS(=O)(=O)c3c(C)c(C)c4c(c3C)CCC(C)(C)O4)C(=O)NCCCCNCCCNC(=O)[C@@H](CCCN=C(N)NS(=O)(=O)c3c(C)c(C)c4c(c3C)CCC(C)(C)O4)NC(=O)Cc3c[nH]c4ccc(OC)cc34)c2c1. The molecule has 4 amide bonds. The Bertz CT molecular complexity index is 3890. The third-order valence-electron chi connectivity index (χ3n) is 18.1. The van der Waals surface area contributed by atoms with Crippen molar-refractivity contribution in [2.45, 2.75) is 186 Å².